The van der Waals surface area contributed by atoms with Gasteiger partial charge in [-0.1, -0.05) is 75.8 Å². The molecule has 0 heterocycles. The highest BCUT2D eigenvalue weighted by molar-refractivity contribution is 7.80. The highest BCUT2D eigenvalue weighted by atomic mass is 32.1. The van der Waals surface area contributed by atoms with Gasteiger partial charge in [0.1, 0.15) is 0 Å². The van der Waals surface area contributed by atoms with Crippen LogP contribution in [0.4, 0.5) is 0 Å². The first-order chi connectivity index (χ1) is 12.7. The van der Waals surface area contributed by atoms with Gasteiger partial charge < -0.3 is 9.47 Å². The molecule has 3 heteroatoms. The molecule has 0 saturated carbocycles. The van der Waals surface area contributed by atoms with Crippen molar-refractivity contribution in [1.82, 2.24) is 0 Å². The molecule has 1 aromatic rings. The zero-order chi connectivity index (χ0) is 19.1. The summed E-state index contributed by atoms with van der Waals surface area (Å²) in [6.45, 7) is 7.71. The molecule has 0 N–H and O–H groups in total. The van der Waals surface area contributed by atoms with Gasteiger partial charge in [0.05, 0.1) is 0 Å². The first kappa shape index (κ1) is 23.5. The number of hydrogen-bond donors (Lipinski definition) is 1. The van der Waals surface area contributed by atoms with Crippen LogP contribution < -0.4 is 0 Å². The van der Waals surface area contributed by atoms with Gasteiger partial charge in [0.25, 0.3) is 0 Å². The van der Waals surface area contributed by atoms with Gasteiger partial charge in [-0.25, -0.2) is 0 Å². The van der Waals surface area contributed by atoms with E-state index in [-0.39, 0.29) is 0 Å². The zero-order valence-electron chi connectivity index (χ0n) is 17.2. The average Bonchev–Trinajstić information content (AvgIpc) is 2.67. The molecule has 26 heavy (non-hydrogen) atoms. The molecule has 0 fully saturated rings. The van der Waals surface area contributed by atoms with Crippen LogP contribution in [0.15, 0.2) is 30.3 Å². The van der Waals surface area contributed by atoms with Gasteiger partial charge in [-0.2, -0.15) is 12.6 Å². The van der Waals surface area contributed by atoms with E-state index in [1.54, 1.807) is 0 Å². The molecule has 1 rings (SSSR count). The van der Waals surface area contributed by atoms with E-state index in [1.807, 2.05) is 0 Å². The summed E-state index contributed by atoms with van der Waals surface area (Å²) in [4.78, 5) is 0. The third-order valence-electron chi connectivity index (χ3n) is 5.05. The normalized spacial score (nSPS) is 13.1. The Morgan fingerprint density at radius 3 is 1.96 bits per heavy atom. The molecule has 0 amide bonds. The van der Waals surface area contributed by atoms with E-state index in [9.17, 15) is 0 Å². The molecule has 1 unspecified atom stereocenters. The lowest BCUT2D eigenvalue weighted by Gasteiger charge is -2.41. The molecular formula is C23H40O2S. The molecule has 1 atom stereocenters. The Balaban J connectivity index is 2.92. The summed E-state index contributed by atoms with van der Waals surface area (Å²) in [5.74, 6) is 0.649. The van der Waals surface area contributed by atoms with Crippen LogP contribution in [-0.2, 0) is 15.3 Å². The van der Waals surface area contributed by atoms with Crippen molar-refractivity contribution in [1.29, 1.82) is 0 Å². The van der Waals surface area contributed by atoms with Crippen LogP contribution in [0.1, 0.15) is 84.1 Å². The number of hydrogen-bond acceptors (Lipinski definition) is 3. The standard InChI is InChI=1S/C23H40O2S/c1-4-7-8-9-10-12-16-22(19-15-20-26)23(24-5-2,25-6-3)21-17-13-11-14-18-21/h11,13-14,17-18,22,26H,4-10,12,15-16,19-20H2,1-3H3. The minimum atomic E-state index is -0.628. The molecule has 0 aliphatic heterocycles. The molecule has 1 aromatic carbocycles. The number of ether oxygens (including phenoxy) is 2. The Bertz CT molecular complexity index is 429. The molecule has 0 aromatic heterocycles. The number of benzene rings is 1. The third-order valence-corrected chi connectivity index (χ3v) is 5.36. The van der Waals surface area contributed by atoms with Gasteiger partial charge in [-0.3, -0.25) is 0 Å². The van der Waals surface area contributed by atoms with Crippen LogP contribution in [0.5, 0.6) is 0 Å². The van der Waals surface area contributed by atoms with Gasteiger partial charge in [-0.15, -0.1) is 0 Å². The summed E-state index contributed by atoms with van der Waals surface area (Å²) in [5.41, 5.74) is 1.15. The van der Waals surface area contributed by atoms with Crippen molar-refractivity contribution in [3.05, 3.63) is 35.9 Å². The maximum Gasteiger partial charge on any atom is 0.197 e. The fraction of sp³-hybridized carbons (Fsp3) is 0.739. The van der Waals surface area contributed by atoms with Crippen molar-refractivity contribution in [2.45, 2.75) is 84.3 Å². The van der Waals surface area contributed by atoms with Crippen molar-refractivity contribution in [3.63, 3.8) is 0 Å². The molecule has 2 nitrogen and oxygen atoms in total. The topological polar surface area (TPSA) is 18.5 Å². The first-order valence-electron chi connectivity index (χ1n) is 10.7. The SMILES string of the molecule is CCCCCCCCC(CCCS)C(OCC)(OCC)c1ccccc1. The van der Waals surface area contributed by atoms with Crippen LogP contribution in [-0.4, -0.2) is 19.0 Å². The fourth-order valence-corrected chi connectivity index (χ4v) is 3.99. The quantitative estimate of drug-likeness (QED) is 0.189. The highest BCUT2D eigenvalue weighted by Gasteiger charge is 2.41. The van der Waals surface area contributed by atoms with Gasteiger partial charge in [0, 0.05) is 24.7 Å². The van der Waals surface area contributed by atoms with Crippen molar-refractivity contribution in [2.75, 3.05) is 19.0 Å². The predicted octanol–water partition coefficient (Wildman–Crippen LogP) is 6.99. The lowest BCUT2D eigenvalue weighted by Crippen LogP contribution is -2.41. The van der Waals surface area contributed by atoms with Crippen LogP contribution in [0, 0.1) is 5.92 Å². The molecule has 150 valence electrons. The number of unbranched alkanes of at least 4 members (excludes halogenated alkanes) is 5. The summed E-state index contributed by atoms with van der Waals surface area (Å²) in [6, 6.07) is 10.5. The Morgan fingerprint density at radius 1 is 0.808 bits per heavy atom. The Hall–Kier alpha value is -0.510. The maximum absolute atomic E-state index is 6.36. The maximum atomic E-state index is 6.36. The van der Waals surface area contributed by atoms with Crippen molar-refractivity contribution in [3.8, 4) is 0 Å². The van der Waals surface area contributed by atoms with Crippen LogP contribution in [0.3, 0.4) is 0 Å². The highest BCUT2D eigenvalue weighted by Crippen LogP contribution is 2.41. The van der Waals surface area contributed by atoms with E-state index in [1.165, 1.54) is 38.5 Å². The largest absolute Gasteiger partial charge is 0.346 e. The Morgan fingerprint density at radius 2 is 1.38 bits per heavy atom. The predicted molar refractivity (Wildman–Crippen MR) is 116 cm³/mol. The number of thiol groups is 1. The molecule has 0 spiro atoms. The molecule has 0 aliphatic carbocycles. The van der Waals surface area contributed by atoms with Gasteiger partial charge in [-0.05, 0) is 38.9 Å². The smallest absolute Gasteiger partial charge is 0.197 e. The molecule has 0 aliphatic rings. The van der Waals surface area contributed by atoms with Crippen molar-refractivity contribution < 1.29 is 9.47 Å². The van der Waals surface area contributed by atoms with Crippen LogP contribution >= 0.6 is 12.6 Å². The second-order valence-corrected chi connectivity index (χ2v) is 7.47. The summed E-state index contributed by atoms with van der Waals surface area (Å²) < 4.78 is 12.7. The summed E-state index contributed by atoms with van der Waals surface area (Å²) in [5, 5.41) is 0. The van der Waals surface area contributed by atoms with E-state index >= 15 is 0 Å². The number of rotatable bonds is 16. The second kappa shape index (κ2) is 14.5. The minimum absolute atomic E-state index is 0.364. The summed E-state index contributed by atoms with van der Waals surface area (Å²) >= 11 is 4.45. The van der Waals surface area contributed by atoms with Crippen LogP contribution in [0.2, 0.25) is 0 Å². The average molecular weight is 381 g/mol. The molecule has 0 radical (unpaired) electrons. The fourth-order valence-electron chi connectivity index (χ4n) is 3.81. The van der Waals surface area contributed by atoms with Gasteiger partial charge >= 0.3 is 0 Å². The van der Waals surface area contributed by atoms with E-state index in [4.69, 9.17) is 9.47 Å². The summed E-state index contributed by atoms with van der Waals surface area (Å²) in [7, 11) is 0. The lowest BCUT2D eigenvalue weighted by atomic mass is 9.83. The molecular weight excluding hydrogens is 340 g/mol. The minimum Gasteiger partial charge on any atom is -0.346 e. The monoisotopic (exact) mass is 380 g/mol. The first-order valence-corrected chi connectivity index (χ1v) is 11.3. The zero-order valence-corrected chi connectivity index (χ0v) is 18.1. The Kier molecular flexibility index (Phi) is 13.2. The third kappa shape index (κ3) is 7.62. The van der Waals surface area contributed by atoms with Crippen molar-refractivity contribution >= 4 is 12.6 Å². The van der Waals surface area contributed by atoms with E-state index in [2.05, 4.69) is 63.7 Å². The van der Waals surface area contributed by atoms with Crippen LogP contribution in [0.25, 0.3) is 0 Å². The molecule has 0 bridgehead atoms. The lowest BCUT2D eigenvalue weighted by molar-refractivity contribution is -0.277. The van der Waals surface area contributed by atoms with Gasteiger partial charge in [0.2, 0.25) is 0 Å². The van der Waals surface area contributed by atoms with Gasteiger partial charge in [0.15, 0.2) is 5.79 Å². The second-order valence-electron chi connectivity index (χ2n) is 7.02. The van der Waals surface area contributed by atoms with Crippen molar-refractivity contribution in [2.24, 2.45) is 5.92 Å². The van der Waals surface area contributed by atoms with E-state index < -0.39 is 5.79 Å². The summed E-state index contributed by atoms with van der Waals surface area (Å²) in [6.07, 6.45) is 11.2. The Labute approximate surface area is 167 Å². The molecule has 0 saturated heterocycles. The van der Waals surface area contributed by atoms with E-state index in [0.29, 0.717) is 19.1 Å². The van der Waals surface area contributed by atoms with E-state index in [0.717, 1.165) is 30.6 Å².